The molecule has 2 rings (SSSR count). The Balaban J connectivity index is 2.03. The van der Waals surface area contributed by atoms with Crippen molar-refractivity contribution in [1.29, 1.82) is 5.26 Å². The van der Waals surface area contributed by atoms with Gasteiger partial charge in [-0.3, -0.25) is 9.59 Å². The average molecular weight is 447 g/mol. The van der Waals surface area contributed by atoms with E-state index in [1.807, 2.05) is 6.07 Å². The summed E-state index contributed by atoms with van der Waals surface area (Å²) >= 11 is 3.38. The van der Waals surface area contributed by atoms with Gasteiger partial charge in [0.05, 0.1) is 31.9 Å². The number of rotatable bonds is 7. The fraction of sp³-hybridized carbons (Fsp3) is 0.250. The molecule has 1 atom stereocenters. The molecule has 0 saturated heterocycles. The Kier molecular flexibility index (Phi) is 7.41. The fourth-order valence-electron chi connectivity index (χ4n) is 2.40. The van der Waals surface area contributed by atoms with E-state index in [1.54, 1.807) is 36.4 Å². The number of ether oxygens (including phenoxy) is 3. The fourth-order valence-corrected chi connectivity index (χ4v) is 2.87. The Morgan fingerprint density at radius 3 is 2.46 bits per heavy atom. The molecule has 0 aliphatic rings. The van der Waals surface area contributed by atoms with Crippen LogP contribution in [0.4, 0.5) is 5.69 Å². The Bertz CT molecular complexity index is 923. The number of para-hydroxylation sites is 1. The molecule has 0 aliphatic heterocycles. The van der Waals surface area contributed by atoms with Crippen LogP contribution in [0.1, 0.15) is 18.1 Å². The number of methoxy groups -OCH3 is 2. The van der Waals surface area contributed by atoms with Gasteiger partial charge in [0.15, 0.2) is 17.6 Å². The van der Waals surface area contributed by atoms with E-state index in [0.717, 1.165) is 0 Å². The molecule has 146 valence electrons. The summed E-state index contributed by atoms with van der Waals surface area (Å²) in [4.78, 5) is 24.5. The van der Waals surface area contributed by atoms with Gasteiger partial charge in [0.2, 0.25) is 0 Å². The molecule has 1 N–H and O–H groups in total. The average Bonchev–Trinajstić information content (AvgIpc) is 2.69. The third-order valence-corrected chi connectivity index (χ3v) is 4.61. The van der Waals surface area contributed by atoms with Crippen LogP contribution in [0.5, 0.6) is 11.5 Å². The summed E-state index contributed by atoms with van der Waals surface area (Å²) in [5.41, 5.74) is 1.31. The molecule has 0 spiro atoms. The van der Waals surface area contributed by atoms with Crippen LogP contribution in [-0.4, -0.2) is 32.2 Å². The molecule has 1 amide bonds. The molecular formula is C20H19BrN2O5. The first-order chi connectivity index (χ1) is 13.4. The van der Waals surface area contributed by atoms with Crippen molar-refractivity contribution in [3.63, 3.8) is 0 Å². The van der Waals surface area contributed by atoms with E-state index in [4.69, 9.17) is 19.5 Å². The van der Waals surface area contributed by atoms with Gasteiger partial charge in [0, 0.05) is 4.47 Å². The normalized spacial score (nSPS) is 11.1. The Morgan fingerprint density at radius 1 is 1.18 bits per heavy atom. The Hall–Kier alpha value is -3.05. The molecule has 0 saturated carbocycles. The maximum atomic E-state index is 12.3. The number of nitrogens with one attached hydrogen (secondary N) is 1. The predicted octanol–water partition coefficient (Wildman–Crippen LogP) is 3.45. The molecule has 0 aromatic heterocycles. The number of halogens is 1. The zero-order valence-corrected chi connectivity index (χ0v) is 17.2. The van der Waals surface area contributed by atoms with Gasteiger partial charge in [-0.1, -0.05) is 28.1 Å². The van der Waals surface area contributed by atoms with Crippen molar-refractivity contribution in [2.24, 2.45) is 0 Å². The molecule has 0 radical (unpaired) electrons. The summed E-state index contributed by atoms with van der Waals surface area (Å²) < 4.78 is 16.3. The largest absolute Gasteiger partial charge is 0.493 e. The van der Waals surface area contributed by atoms with Crippen LogP contribution in [0.15, 0.2) is 40.9 Å². The molecular weight excluding hydrogens is 428 g/mol. The van der Waals surface area contributed by atoms with Crippen LogP contribution in [-0.2, 0) is 20.7 Å². The second kappa shape index (κ2) is 9.76. The first kappa shape index (κ1) is 21.3. The van der Waals surface area contributed by atoms with E-state index in [9.17, 15) is 9.59 Å². The number of hydrogen-bond donors (Lipinski definition) is 1. The van der Waals surface area contributed by atoms with E-state index >= 15 is 0 Å². The zero-order valence-electron chi connectivity index (χ0n) is 15.6. The van der Waals surface area contributed by atoms with E-state index in [1.165, 1.54) is 21.1 Å². The van der Waals surface area contributed by atoms with Crippen LogP contribution in [0, 0.1) is 11.3 Å². The third-order valence-electron chi connectivity index (χ3n) is 3.87. The number of hydrogen-bond acceptors (Lipinski definition) is 6. The quantitative estimate of drug-likeness (QED) is 0.653. The number of carbonyl (C=O) groups is 2. The molecule has 8 heteroatoms. The topological polar surface area (TPSA) is 97.6 Å². The van der Waals surface area contributed by atoms with Gasteiger partial charge in [0.25, 0.3) is 5.91 Å². The predicted molar refractivity (Wildman–Crippen MR) is 106 cm³/mol. The lowest BCUT2D eigenvalue weighted by Crippen LogP contribution is -2.30. The highest BCUT2D eigenvalue weighted by atomic mass is 79.9. The highest BCUT2D eigenvalue weighted by Crippen LogP contribution is 2.33. The van der Waals surface area contributed by atoms with Crippen molar-refractivity contribution in [2.45, 2.75) is 19.4 Å². The second-order valence-electron chi connectivity index (χ2n) is 5.75. The van der Waals surface area contributed by atoms with E-state index in [2.05, 4.69) is 21.2 Å². The lowest BCUT2D eigenvalue weighted by Gasteiger charge is -2.15. The molecule has 1 unspecified atom stereocenters. The first-order valence-corrected chi connectivity index (χ1v) is 9.08. The SMILES string of the molecule is COc1cc(Br)c(CC(=O)OC(C)C(=O)Nc2ccccc2C#N)cc1OC. The number of benzene rings is 2. The summed E-state index contributed by atoms with van der Waals surface area (Å²) in [6.45, 7) is 1.46. The van der Waals surface area contributed by atoms with Gasteiger partial charge >= 0.3 is 5.97 Å². The lowest BCUT2D eigenvalue weighted by atomic mass is 10.1. The van der Waals surface area contributed by atoms with Crippen molar-refractivity contribution in [2.75, 3.05) is 19.5 Å². The van der Waals surface area contributed by atoms with Gasteiger partial charge in [-0.15, -0.1) is 0 Å². The van der Waals surface area contributed by atoms with Crippen LogP contribution in [0.25, 0.3) is 0 Å². The number of nitrogens with zero attached hydrogens (tertiary/aromatic N) is 1. The first-order valence-electron chi connectivity index (χ1n) is 8.29. The number of esters is 1. The summed E-state index contributed by atoms with van der Waals surface area (Å²) in [5.74, 6) is -0.102. The van der Waals surface area contributed by atoms with E-state index in [0.29, 0.717) is 32.8 Å². The monoisotopic (exact) mass is 446 g/mol. The number of carbonyl (C=O) groups excluding carboxylic acids is 2. The third kappa shape index (κ3) is 5.24. The molecule has 0 fully saturated rings. The van der Waals surface area contributed by atoms with Gasteiger partial charge in [0.1, 0.15) is 6.07 Å². The minimum atomic E-state index is -1.03. The smallest absolute Gasteiger partial charge is 0.311 e. The summed E-state index contributed by atoms with van der Waals surface area (Å²) in [6, 6.07) is 11.9. The number of anilines is 1. The van der Waals surface area contributed by atoms with Crippen molar-refractivity contribution in [3.05, 3.63) is 52.0 Å². The van der Waals surface area contributed by atoms with Crippen molar-refractivity contribution in [3.8, 4) is 17.6 Å². The maximum absolute atomic E-state index is 12.3. The Morgan fingerprint density at radius 2 is 1.82 bits per heavy atom. The van der Waals surface area contributed by atoms with Gasteiger partial charge < -0.3 is 19.5 Å². The van der Waals surface area contributed by atoms with Gasteiger partial charge in [-0.05, 0) is 36.8 Å². The van der Waals surface area contributed by atoms with E-state index in [-0.39, 0.29) is 6.42 Å². The molecule has 7 nitrogen and oxygen atoms in total. The summed E-state index contributed by atoms with van der Waals surface area (Å²) in [7, 11) is 3.02. The molecule has 0 aliphatic carbocycles. The van der Waals surface area contributed by atoms with Crippen LogP contribution >= 0.6 is 15.9 Å². The Labute approximate surface area is 171 Å². The van der Waals surface area contributed by atoms with Gasteiger partial charge in [-0.2, -0.15) is 5.26 Å². The highest BCUT2D eigenvalue weighted by molar-refractivity contribution is 9.10. The second-order valence-corrected chi connectivity index (χ2v) is 6.61. The van der Waals surface area contributed by atoms with Crippen LogP contribution in [0.2, 0.25) is 0 Å². The van der Waals surface area contributed by atoms with Crippen molar-refractivity contribution < 1.29 is 23.8 Å². The summed E-state index contributed by atoms with van der Waals surface area (Å²) in [6.07, 6.45) is -1.09. The minimum Gasteiger partial charge on any atom is -0.493 e. The lowest BCUT2D eigenvalue weighted by molar-refractivity contribution is -0.152. The number of amides is 1. The molecule has 28 heavy (non-hydrogen) atoms. The highest BCUT2D eigenvalue weighted by Gasteiger charge is 2.20. The van der Waals surface area contributed by atoms with Crippen LogP contribution < -0.4 is 14.8 Å². The molecule has 0 bridgehead atoms. The summed E-state index contributed by atoms with van der Waals surface area (Å²) in [5, 5.41) is 11.7. The molecule has 2 aromatic carbocycles. The zero-order chi connectivity index (χ0) is 20.7. The maximum Gasteiger partial charge on any atom is 0.311 e. The molecule has 0 heterocycles. The van der Waals surface area contributed by atoms with Crippen molar-refractivity contribution >= 4 is 33.5 Å². The van der Waals surface area contributed by atoms with Gasteiger partial charge in [-0.25, -0.2) is 0 Å². The standard InChI is InChI=1S/C20H19BrN2O5/c1-12(20(25)23-16-7-5-4-6-13(16)11-22)28-19(24)9-14-8-17(26-2)18(27-3)10-15(14)21/h4-8,10,12H,9H2,1-3H3,(H,23,25). The van der Waals surface area contributed by atoms with E-state index < -0.39 is 18.0 Å². The number of nitriles is 1. The minimum absolute atomic E-state index is 0.0622. The molecule has 2 aromatic rings. The van der Waals surface area contributed by atoms with Crippen LogP contribution in [0.3, 0.4) is 0 Å². The van der Waals surface area contributed by atoms with Crippen molar-refractivity contribution in [1.82, 2.24) is 0 Å².